The van der Waals surface area contributed by atoms with Crippen LogP contribution in [-0.4, -0.2) is 30.0 Å². The van der Waals surface area contributed by atoms with E-state index in [-0.39, 0.29) is 5.56 Å². The first kappa shape index (κ1) is 18.0. The second-order valence-corrected chi connectivity index (χ2v) is 6.88. The van der Waals surface area contributed by atoms with Crippen molar-refractivity contribution in [3.8, 4) is 0 Å². The van der Waals surface area contributed by atoms with E-state index in [0.29, 0.717) is 16.8 Å². The average Bonchev–Trinajstić information content (AvgIpc) is 2.64. The molecular weight excluding hydrogens is 316 g/mol. The minimum atomic E-state index is -0.622. The lowest BCUT2D eigenvalue weighted by Crippen LogP contribution is -2.41. The summed E-state index contributed by atoms with van der Waals surface area (Å²) in [6.07, 6.45) is 1.65. The molecule has 23 heavy (non-hydrogen) atoms. The molecule has 0 spiro atoms. The highest BCUT2D eigenvalue weighted by atomic mass is 32.1. The number of hydrogen-bond donors (Lipinski definition) is 2. The number of halogens is 1. The fourth-order valence-corrected chi connectivity index (χ4v) is 2.50. The quantitative estimate of drug-likeness (QED) is 0.656. The van der Waals surface area contributed by atoms with E-state index in [2.05, 4.69) is 12.6 Å². The van der Waals surface area contributed by atoms with Crippen LogP contribution in [0, 0.1) is 5.82 Å². The van der Waals surface area contributed by atoms with Crippen LogP contribution < -0.4 is 5.73 Å². The molecule has 1 fully saturated rings. The molecule has 0 radical (unpaired) electrons. The Balaban J connectivity index is 2.41. The van der Waals surface area contributed by atoms with E-state index >= 15 is 0 Å². The van der Waals surface area contributed by atoms with E-state index < -0.39 is 30.0 Å². The van der Waals surface area contributed by atoms with Gasteiger partial charge in [0, 0.05) is 11.3 Å². The first-order valence-electron chi connectivity index (χ1n) is 7.34. The van der Waals surface area contributed by atoms with Crippen LogP contribution in [0.5, 0.6) is 0 Å². The number of carbonyl (C=O) groups is 1. The summed E-state index contributed by atoms with van der Waals surface area (Å²) < 4.78 is 25.5. The molecule has 124 valence electrons. The highest BCUT2D eigenvalue weighted by Crippen LogP contribution is 2.39. The number of benzene rings is 1. The van der Waals surface area contributed by atoms with E-state index in [4.69, 9.17) is 15.0 Å². The molecule has 1 amide bonds. The zero-order valence-electron chi connectivity index (χ0n) is 13.7. The zero-order valence-corrected chi connectivity index (χ0v) is 14.6. The summed E-state index contributed by atoms with van der Waals surface area (Å²) >= 11 is 4.31. The molecule has 4 nitrogen and oxygen atoms in total. The molecule has 1 aromatic carbocycles. The Kier molecular flexibility index (Phi) is 4.94. The molecule has 0 atom stereocenters. The molecule has 1 saturated heterocycles. The SMILES string of the molecule is CC1(C)OB(C(=Cc2cc(F)ccc2C(N)=O)CS)OC1(C)C. The zero-order chi connectivity index (χ0) is 17.4. The largest absolute Gasteiger partial charge is 0.491 e. The van der Waals surface area contributed by atoms with Gasteiger partial charge in [-0.1, -0.05) is 6.08 Å². The predicted octanol–water partition coefficient (Wildman–Crippen LogP) is 2.87. The first-order valence-corrected chi connectivity index (χ1v) is 7.97. The van der Waals surface area contributed by atoms with Crippen LogP contribution in [0.2, 0.25) is 0 Å². The molecule has 2 rings (SSSR count). The van der Waals surface area contributed by atoms with Gasteiger partial charge < -0.3 is 15.0 Å². The number of hydrogen-bond acceptors (Lipinski definition) is 4. The van der Waals surface area contributed by atoms with Gasteiger partial charge in [-0.15, -0.1) is 0 Å². The second kappa shape index (κ2) is 6.30. The summed E-state index contributed by atoms with van der Waals surface area (Å²) in [7, 11) is -0.610. The summed E-state index contributed by atoms with van der Waals surface area (Å²) in [5.41, 5.74) is 5.68. The molecule has 0 unspecified atom stereocenters. The lowest BCUT2D eigenvalue weighted by Gasteiger charge is -2.32. The van der Waals surface area contributed by atoms with Gasteiger partial charge in [-0.3, -0.25) is 4.79 Å². The van der Waals surface area contributed by atoms with Crippen LogP contribution in [0.4, 0.5) is 4.39 Å². The summed E-state index contributed by atoms with van der Waals surface area (Å²) in [5, 5.41) is 0. The smallest absolute Gasteiger partial charge is 0.400 e. The number of thiol groups is 1. The number of amides is 1. The Bertz CT molecular complexity index is 645. The van der Waals surface area contributed by atoms with Crippen molar-refractivity contribution in [3.63, 3.8) is 0 Å². The van der Waals surface area contributed by atoms with Gasteiger partial charge in [0.15, 0.2) is 0 Å². The topological polar surface area (TPSA) is 61.5 Å². The number of rotatable bonds is 4. The Labute approximate surface area is 141 Å². The van der Waals surface area contributed by atoms with Crippen LogP contribution in [0.1, 0.15) is 43.6 Å². The molecule has 0 aliphatic carbocycles. The predicted molar refractivity (Wildman–Crippen MR) is 92.8 cm³/mol. The first-order chi connectivity index (χ1) is 10.6. The average molecular weight is 337 g/mol. The second-order valence-electron chi connectivity index (χ2n) is 6.56. The lowest BCUT2D eigenvalue weighted by molar-refractivity contribution is 0.00578. The maximum absolute atomic E-state index is 13.5. The lowest BCUT2D eigenvalue weighted by atomic mass is 9.78. The third-order valence-corrected chi connectivity index (χ3v) is 4.72. The maximum atomic E-state index is 13.5. The summed E-state index contributed by atoms with van der Waals surface area (Å²) in [6, 6.07) is 3.82. The Hall–Kier alpha value is -1.31. The van der Waals surface area contributed by atoms with Crippen LogP contribution in [-0.2, 0) is 9.31 Å². The van der Waals surface area contributed by atoms with Crippen molar-refractivity contribution in [2.75, 3.05) is 5.75 Å². The molecule has 0 saturated carbocycles. The van der Waals surface area contributed by atoms with Gasteiger partial charge in [0.05, 0.1) is 11.2 Å². The van der Waals surface area contributed by atoms with Crippen molar-refractivity contribution in [3.05, 3.63) is 40.6 Å². The molecule has 2 N–H and O–H groups in total. The van der Waals surface area contributed by atoms with Crippen LogP contribution in [0.3, 0.4) is 0 Å². The summed E-state index contributed by atoms with van der Waals surface area (Å²) in [4.78, 5) is 11.5. The van der Waals surface area contributed by atoms with Gasteiger partial charge in [0.1, 0.15) is 5.82 Å². The molecule has 1 heterocycles. The van der Waals surface area contributed by atoms with Crippen LogP contribution in [0.15, 0.2) is 23.7 Å². The third-order valence-electron chi connectivity index (χ3n) is 4.36. The Morgan fingerprint density at radius 3 is 2.35 bits per heavy atom. The maximum Gasteiger partial charge on any atom is 0.491 e. The van der Waals surface area contributed by atoms with Crippen LogP contribution >= 0.6 is 12.6 Å². The number of carbonyl (C=O) groups excluding carboxylic acids is 1. The van der Waals surface area contributed by atoms with E-state index in [1.54, 1.807) is 6.08 Å². The van der Waals surface area contributed by atoms with Crippen molar-refractivity contribution < 1.29 is 18.5 Å². The Morgan fingerprint density at radius 1 is 1.30 bits per heavy atom. The summed E-state index contributed by atoms with van der Waals surface area (Å²) in [6.45, 7) is 7.78. The van der Waals surface area contributed by atoms with E-state index in [0.717, 1.165) is 0 Å². The van der Waals surface area contributed by atoms with E-state index in [1.165, 1.54) is 18.2 Å². The normalized spacial score (nSPS) is 19.9. The van der Waals surface area contributed by atoms with Crippen molar-refractivity contribution in [1.82, 2.24) is 0 Å². The van der Waals surface area contributed by atoms with E-state index in [9.17, 15) is 9.18 Å². The van der Waals surface area contributed by atoms with E-state index in [1.807, 2.05) is 27.7 Å². The monoisotopic (exact) mass is 337 g/mol. The highest BCUT2D eigenvalue weighted by Gasteiger charge is 2.52. The molecule has 7 heteroatoms. The number of primary amides is 1. The van der Waals surface area contributed by atoms with Gasteiger partial charge in [-0.25, -0.2) is 4.39 Å². The van der Waals surface area contributed by atoms with Crippen molar-refractivity contribution in [2.24, 2.45) is 5.73 Å². The van der Waals surface area contributed by atoms with Crippen molar-refractivity contribution in [2.45, 2.75) is 38.9 Å². The fraction of sp³-hybridized carbons (Fsp3) is 0.438. The highest BCUT2D eigenvalue weighted by molar-refractivity contribution is 7.80. The standard InChI is InChI=1S/C16H21BFNO3S/c1-15(2)16(3,4)22-17(21-15)11(9-23)7-10-8-12(18)5-6-13(10)14(19)20/h5-8,23H,9H2,1-4H3,(H2,19,20). The minimum absolute atomic E-state index is 0.238. The number of nitrogens with two attached hydrogens (primary N) is 1. The molecular formula is C16H21BFNO3S. The van der Waals surface area contributed by atoms with Gasteiger partial charge in [0.25, 0.3) is 0 Å². The van der Waals surface area contributed by atoms with Crippen molar-refractivity contribution >= 4 is 31.7 Å². The van der Waals surface area contributed by atoms with Gasteiger partial charge in [0.2, 0.25) is 5.91 Å². The fourth-order valence-electron chi connectivity index (χ4n) is 2.26. The third kappa shape index (κ3) is 3.62. The van der Waals surface area contributed by atoms with Gasteiger partial charge >= 0.3 is 7.12 Å². The minimum Gasteiger partial charge on any atom is -0.400 e. The Morgan fingerprint density at radius 2 is 1.87 bits per heavy atom. The summed E-state index contributed by atoms with van der Waals surface area (Å²) in [5.74, 6) is -0.733. The molecule has 1 aliphatic heterocycles. The molecule has 0 bridgehead atoms. The molecule has 1 aliphatic rings. The van der Waals surface area contributed by atoms with Gasteiger partial charge in [-0.2, -0.15) is 12.6 Å². The molecule has 0 aromatic heterocycles. The van der Waals surface area contributed by atoms with Gasteiger partial charge in [-0.05, 0) is 56.9 Å². The molecule has 1 aromatic rings. The van der Waals surface area contributed by atoms with Crippen LogP contribution in [0.25, 0.3) is 6.08 Å². The van der Waals surface area contributed by atoms with Crippen molar-refractivity contribution in [1.29, 1.82) is 0 Å².